The van der Waals surface area contributed by atoms with Gasteiger partial charge >= 0.3 is 0 Å². The molecule has 1 aromatic rings. The lowest BCUT2D eigenvalue weighted by molar-refractivity contribution is -0.0713. The Kier molecular flexibility index (Phi) is 2.25. The van der Waals surface area contributed by atoms with E-state index in [4.69, 9.17) is 10.2 Å². The highest BCUT2D eigenvalue weighted by Crippen LogP contribution is 2.65. The molecule has 1 aromatic heterocycles. The third kappa shape index (κ3) is 1.69. The Morgan fingerprint density at radius 2 is 1.89 bits per heavy atom. The lowest BCUT2D eigenvalue weighted by atomic mass is 9.44. The van der Waals surface area contributed by atoms with Crippen molar-refractivity contribution in [1.29, 1.82) is 0 Å². The molecule has 1 heterocycles. The molecule has 4 bridgehead atoms. The zero-order valence-electron chi connectivity index (χ0n) is 11.9. The fraction of sp³-hybridized carbons (Fsp3) is 0.867. The van der Waals surface area contributed by atoms with Gasteiger partial charge in [0, 0.05) is 5.41 Å². The van der Waals surface area contributed by atoms with Gasteiger partial charge in [0.1, 0.15) is 0 Å². The first-order valence-electron chi connectivity index (χ1n) is 7.58. The summed E-state index contributed by atoms with van der Waals surface area (Å²) >= 11 is 0. The Morgan fingerprint density at radius 1 is 1.21 bits per heavy atom. The van der Waals surface area contributed by atoms with Crippen LogP contribution in [0.1, 0.15) is 70.2 Å². The maximum absolute atomic E-state index is 5.93. The van der Waals surface area contributed by atoms with Gasteiger partial charge in [-0.25, -0.2) is 0 Å². The van der Waals surface area contributed by atoms with Crippen molar-refractivity contribution in [2.45, 2.75) is 63.8 Å². The highest BCUT2D eigenvalue weighted by Gasteiger charge is 2.58. The molecule has 4 heteroatoms. The van der Waals surface area contributed by atoms with Gasteiger partial charge in [-0.05, 0) is 62.7 Å². The third-order valence-corrected chi connectivity index (χ3v) is 5.64. The third-order valence-electron chi connectivity index (χ3n) is 5.64. The molecular formula is C15H23N3O. The largest absolute Gasteiger partial charge is 0.423 e. The molecule has 0 radical (unpaired) electrons. The van der Waals surface area contributed by atoms with Crippen LogP contribution in [0.25, 0.3) is 0 Å². The van der Waals surface area contributed by atoms with Crippen LogP contribution in [-0.2, 0) is 5.41 Å². The van der Waals surface area contributed by atoms with E-state index in [-0.39, 0.29) is 11.5 Å². The molecule has 4 aliphatic carbocycles. The van der Waals surface area contributed by atoms with Crippen molar-refractivity contribution in [3.8, 4) is 0 Å². The first-order chi connectivity index (χ1) is 8.98. The highest BCUT2D eigenvalue weighted by atomic mass is 16.4. The second-order valence-electron chi connectivity index (χ2n) is 7.79. The molecule has 3 unspecified atom stereocenters. The van der Waals surface area contributed by atoms with Gasteiger partial charge in [-0.15, -0.1) is 10.2 Å². The summed E-state index contributed by atoms with van der Waals surface area (Å²) in [6, 6.07) is -0.161. The number of hydrogen-bond acceptors (Lipinski definition) is 4. The SMILES string of the molecule is CC(N)c1nnc(C23CC4CC(CC(C)(C4)C2)C3)o1. The van der Waals surface area contributed by atoms with Crippen LogP contribution in [0, 0.1) is 17.3 Å². The number of aromatic nitrogens is 2. The minimum atomic E-state index is -0.161. The van der Waals surface area contributed by atoms with E-state index in [0.717, 1.165) is 17.7 Å². The molecule has 4 aliphatic rings. The molecule has 0 saturated heterocycles. The number of nitrogens with zero attached hydrogens (tertiary/aromatic N) is 2. The van der Waals surface area contributed by atoms with Crippen molar-refractivity contribution >= 4 is 0 Å². The smallest absolute Gasteiger partial charge is 0.232 e. The van der Waals surface area contributed by atoms with Crippen LogP contribution in [0.5, 0.6) is 0 Å². The minimum absolute atomic E-state index is 0.161. The molecule has 3 atom stereocenters. The predicted octanol–water partition coefficient (Wildman–Crippen LogP) is 2.95. The summed E-state index contributed by atoms with van der Waals surface area (Å²) < 4.78 is 5.93. The van der Waals surface area contributed by atoms with E-state index in [1.165, 1.54) is 38.5 Å². The van der Waals surface area contributed by atoms with E-state index in [1.54, 1.807) is 0 Å². The minimum Gasteiger partial charge on any atom is -0.423 e. The van der Waals surface area contributed by atoms with E-state index >= 15 is 0 Å². The van der Waals surface area contributed by atoms with Crippen LogP contribution in [0.15, 0.2) is 4.42 Å². The molecule has 4 fully saturated rings. The highest BCUT2D eigenvalue weighted by molar-refractivity contribution is 5.17. The van der Waals surface area contributed by atoms with Crippen molar-refractivity contribution in [2.75, 3.05) is 0 Å². The van der Waals surface area contributed by atoms with Crippen LogP contribution in [0.3, 0.4) is 0 Å². The molecule has 4 saturated carbocycles. The van der Waals surface area contributed by atoms with Crippen LogP contribution in [-0.4, -0.2) is 10.2 Å². The van der Waals surface area contributed by atoms with Crippen LogP contribution < -0.4 is 5.73 Å². The van der Waals surface area contributed by atoms with Crippen molar-refractivity contribution in [2.24, 2.45) is 23.0 Å². The Bertz CT molecular complexity index is 493. The average Bonchev–Trinajstić information content (AvgIpc) is 2.74. The van der Waals surface area contributed by atoms with Gasteiger partial charge < -0.3 is 10.2 Å². The van der Waals surface area contributed by atoms with Gasteiger partial charge in [-0.2, -0.15) is 0 Å². The monoisotopic (exact) mass is 261 g/mol. The molecule has 2 N–H and O–H groups in total. The average molecular weight is 261 g/mol. The van der Waals surface area contributed by atoms with Gasteiger partial charge in [-0.3, -0.25) is 0 Å². The molecule has 0 amide bonds. The lowest BCUT2D eigenvalue weighted by Gasteiger charge is -2.60. The van der Waals surface area contributed by atoms with Crippen molar-refractivity contribution in [3.63, 3.8) is 0 Å². The van der Waals surface area contributed by atoms with Crippen LogP contribution in [0.2, 0.25) is 0 Å². The van der Waals surface area contributed by atoms with Gasteiger partial charge in [-0.1, -0.05) is 6.92 Å². The van der Waals surface area contributed by atoms with E-state index < -0.39 is 0 Å². The first-order valence-corrected chi connectivity index (χ1v) is 7.58. The van der Waals surface area contributed by atoms with Crippen molar-refractivity contribution in [3.05, 3.63) is 11.8 Å². The Labute approximate surface area is 114 Å². The fourth-order valence-corrected chi connectivity index (χ4v) is 5.60. The molecule has 0 spiro atoms. The van der Waals surface area contributed by atoms with Crippen molar-refractivity contribution in [1.82, 2.24) is 10.2 Å². The molecule has 4 nitrogen and oxygen atoms in total. The van der Waals surface area contributed by atoms with Gasteiger partial charge in [0.05, 0.1) is 6.04 Å². The number of hydrogen-bond donors (Lipinski definition) is 1. The summed E-state index contributed by atoms with van der Waals surface area (Å²) in [5.74, 6) is 3.21. The van der Waals surface area contributed by atoms with Crippen LogP contribution >= 0.6 is 0 Å². The summed E-state index contributed by atoms with van der Waals surface area (Å²) in [4.78, 5) is 0. The normalized spacial score (nSPS) is 45.6. The summed E-state index contributed by atoms with van der Waals surface area (Å²) in [6.07, 6.45) is 7.96. The molecule has 19 heavy (non-hydrogen) atoms. The summed E-state index contributed by atoms with van der Waals surface area (Å²) in [5, 5.41) is 8.52. The summed E-state index contributed by atoms with van der Waals surface area (Å²) in [5.41, 5.74) is 6.52. The Morgan fingerprint density at radius 3 is 2.42 bits per heavy atom. The summed E-state index contributed by atoms with van der Waals surface area (Å²) in [6.45, 7) is 4.36. The molecule has 0 aliphatic heterocycles. The quantitative estimate of drug-likeness (QED) is 0.889. The molecule has 5 rings (SSSR count). The van der Waals surface area contributed by atoms with E-state index in [2.05, 4.69) is 17.1 Å². The zero-order valence-corrected chi connectivity index (χ0v) is 11.9. The van der Waals surface area contributed by atoms with Crippen molar-refractivity contribution < 1.29 is 4.42 Å². The number of nitrogens with two attached hydrogens (primary N) is 1. The number of rotatable bonds is 2. The van der Waals surface area contributed by atoms with Gasteiger partial charge in [0.2, 0.25) is 11.8 Å². The second-order valence-corrected chi connectivity index (χ2v) is 7.79. The fourth-order valence-electron chi connectivity index (χ4n) is 5.60. The molecular weight excluding hydrogens is 238 g/mol. The topological polar surface area (TPSA) is 64.9 Å². The van der Waals surface area contributed by atoms with Gasteiger partial charge in [0.15, 0.2) is 0 Å². The zero-order chi connectivity index (χ0) is 13.3. The Hall–Kier alpha value is -0.900. The molecule has 104 valence electrons. The first kappa shape index (κ1) is 11.9. The van der Waals surface area contributed by atoms with Crippen LogP contribution in [0.4, 0.5) is 0 Å². The maximum Gasteiger partial charge on any atom is 0.232 e. The Balaban J connectivity index is 1.73. The lowest BCUT2D eigenvalue weighted by Crippen LogP contribution is -2.53. The van der Waals surface area contributed by atoms with E-state index in [0.29, 0.717) is 11.3 Å². The van der Waals surface area contributed by atoms with E-state index in [1.807, 2.05) is 6.92 Å². The second kappa shape index (κ2) is 3.60. The van der Waals surface area contributed by atoms with Gasteiger partial charge in [0.25, 0.3) is 0 Å². The predicted molar refractivity (Wildman–Crippen MR) is 71.4 cm³/mol. The molecule has 0 aromatic carbocycles. The standard InChI is InChI=1S/C15H23N3O/c1-9(16)12-17-18-13(19-12)15-6-10-3-11(7-15)5-14(2,4-10)8-15/h9-11H,3-8,16H2,1-2H3. The maximum atomic E-state index is 5.93. The summed E-state index contributed by atoms with van der Waals surface area (Å²) in [7, 11) is 0. The van der Waals surface area contributed by atoms with E-state index in [9.17, 15) is 0 Å².